The molecule has 1 aliphatic heterocycles. The molecule has 1 aliphatic rings. The SMILES string of the molecule is [CH]1COc2ccccc2-c2ccccc21. The van der Waals surface area contributed by atoms with Crippen LogP contribution in [0.15, 0.2) is 48.5 Å². The molecule has 2 aromatic rings. The van der Waals surface area contributed by atoms with Gasteiger partial charge in [-0.15, -0.1) is 0 Å². The molecule has 0 fully saturated rings. The zero-order chi connectivity index (χ0) is 10.1. The maximum Gasteiger partial charge on any atom is 0.127 e. The van der Waals surface area contributed by atoms with Crippen molar-refractivity contribution in [1.29, 1.82) is 0 Å². The number of rotatable bonds is 0. The first-order valence-electron chi connectivity index (χ1n) is 5.09. The van der Waals surface area contributed by atoms with Crippen LogP contribution in [-0.4, -0.2) is 6.61 Å². The molecule has 2 aromatic carbocycles. The highest BCUT2D eigenvalue weighted by molar-refractivity contribution is 5.75. The molecular weight excluding hydrogens is 184 g/mol. The van der Waals surface area contributed by atoms with E-state index in [-0.39, 0.29) is 0 Å². The van der Waals surface area contributed by atoms with E-state index in [0.717, 1.165) is 5.75 Å². The van der Waals surface area contributed by atoms with Crippen LogP contribution in [0.1, 0.15) is 5.56 Å². The van der Waals surface area contributed by atoms with Gasteiger partial charge in [-0.1, -0.05) is 42.5 Å². The summed E-state index contributed by atoms with van der Waals surface area (Å²) in [5.74, 6) is 0.971. The molecule has 15 heavy (non-hydrogen) atoms. The fourth-order valence-corrected chi connectivity index (χ4v) is 1.96. The predicted octanol–water partition coefficient (Wildman–Crippen LogP) is 3.30. The number of benzene rings is 2. The van der Waals surface area contributed by atoms with Crippen LogP contribution in [0.2, 0.25) is 0 Å². The van der Waals surface area contributed by atoms with E-state index >= 15 is 0 Å². The average Bonchev–Trinajstić information content (AvgIpc) is 2.48. The summed E-state index contributed by atoms with van der Waals surface area (Å²) in [6, 6.07) is 16.6. The summed E-state index contributed by atoms with van der Waals surface area (Å²) in [7, 11) is 0. The third kappa shape index (κ3) is 1.40. The summed E-state index contributed by atoms with van der Waals surface area (Å²) in [6.07, 6.45) is 2.12. The molecule has 0 atom stereocenters. The molecule has 3 rings (SSSR count). The fourth-order valence-electron chi connectivity index (χ4n) is 1.96. The zero-order valence-electron chi connectivity index (χ0n) is 8.31. The predicted molar refractivity (Wildman–Crippen MR) is 60.8 cm³/mol. The van der Waals surface area contributed by atoms with E-state index in [1.165, 1.54) is 16.7 Å². The lowest BCUT2D eigenvalue weighted by atomic mass is 9.98. The second-order valence-electron chi connectivity index (χ2n) is 3.60. The van der Waals surface area contributed by atoms with Crippen molar-refractivity contribution in [3.05, 3.63) is 60.5 Å². The van der Waals surface area contributed by atoms with Gasteiger partial charge in [-0.05, 0) is 17.2 Å². The van der Waals surface area contributed by atoms with Gasteiger partial charge in [0.25, 0.3) is 0 Å². The Labute approximate surface area is 89.3 Å². The summed E-state index contributed by atoms with van der Waals surface area (Å²) in [4.78, 5) is 0. The quantitative estimate of drug-likeness (QED) is 0.626. The van der Waals surface area contributed by atoms with Crippen molar-refractivity contribution < 1.29 is 4.74 Å². The molecule has 1 heterocycles. The van der Waals surface area contributed by atoms with Crippen molar-refractivity contribution in [2.45, 2.75) is 0 Å². The topological polar surface area (TPSA) is 9.23 Å². The second kappa shape index (κ2) is 3.43. The third-order valence-electron chi connectivity index (χ3n) is 2.68. The molecule has 0 amide bonds. The molecule has 0 aromatic heterocycles. The highest BCUT2D eigenvalue weighted by atomic mass is 16.5. The molecular formula is C14H11O. The first-order chi connectivity index (χ1) is 7.45. The maximum absolute atomic E-state index is 5.68. The Kier molecular flexibility index (Phi) is 1.95. The van der Waals surface area contributed by atoms with Gasteiger partial charge in [-0.2, -0.15) is 0 Å². The molecule has 1 heteroatoms. The minimum atomic E-state index is 0.647. The maximum atomic E-state index is 5.68. The van der Waals surface area contributed by atoms with Crippen molar-refractivity contribution in [3.8, 4) is 16.9 Å². The van der Waals surface area contributed by atoms with Gasteiger partial charge in [0.1, 0.15) is 5.75 Å². The lowest BCUT2D eigenvalue weighted by Crippen LogP contribution is -1.95. The monoisotopic (exact) mass is 195 g/mol. The van der Waals surface area contributed by atoms with Gasteiger partial charge in [-0.3, -0.25) is 0 Å². The molecule has 0 unspecified atom stereocenters. The zero-order valence-corrected chi connectivity index (χ0v) is 8.31. The number of ether oxygens (including phenoxy) is 1. The van der Waals surface area contributed by atoms with E-state index in [2.05, 4.69) is 36.8 Å². The van der Waals surface area contributed by atoms with Crippen molar-refractivity contribution >= 4 is 0 Å². The van der Waals surface area contributed by atoms with E-state index in [1.807, 2.05) is 18.2 Å². The van der Waals surface area contributed by atoms with Crippen molar-refractivity contribution in [2.75, 3.05) is 6.61 Å². The molecule has 0 spiro atoms. The number of hydrogen-bond acceptors (Lipinski definition) is 1. The standard InChI is InChI=1S/C14H11O/c1-2-6-12-11(5-1)9-10-15-14-8-4-3-7-13(12)14/h1-9H,10H2. The van der Waals surface area contributed by atoms with Gasteiger partial charge in [-0.25, -0.2) is 0 Å². The van der Waals surface area contributed by atoms with Crippen molar-refractivity contribution in [1.82, 2.24) is 0 Å². The largest absolute Gasteiger partial charge is 0.492 e. The van der Waals surface area contributed by atoms with Crippen molar-refractivity contribution in [3.63, 3.8) is 0 Å². The van der Waals surface area contributed by atoms with Gasteiger partial charge in [0.15, 0.2) is 0 Å². The van der Waals surface area contributed by atoms with Crippen LogP contribution in [-0.2, 0) is 0 Å². The van der Waals surface area contributed by atoms with Gasteiger partial charge < -0.3 is 4.74 Å². The smallest absolute Gasteiger partial charge is 0.127 e. The van der Waals surface area contributed by atoms with Gasteiger partial charge in [0.05, 0.1) is 6.61 Å². The summed E-state index contributed by atoms with van der Waals surface area (Å²) in [5.41, 5.74) is 3.69. The highest BCUT2D eigenvalue weighted by Crippen LogP contribution is 2.35. The lowest BCUT2D eigenvalue weighted by molar-refractivity contribution is 0.356. The Balaban J connectivity index is 2.27. The van der Waals surface area contributed by atoms with E-state index < -0.39 is 0 Å². The Morgan fingerprint density at radius 3 is 2.47 bits per heavy atom. The minimum absolute atomic E-state index is 0.647. The Morgan fingerprint density at radius 2 is 1.53 bits per heavy atom. The van der Waals surface area contributed by atoms with E-state index in [1.54, 1.807) is 0 Å². The summed E-state index contributed by atoms with van der Waals surface area (Å²) in [6.45, 7) is 0.647. The van der Waals surface area contributed by atoms with Gasteiger partial charge in [0.2, 0.25) is 0 Å². The average molecular weight is 195 g/mol. The molecule has 73 valence electrons. The van der Waals surface area contributed by atoms with Crippen LogP contribution >= 0.6 is 0 Å². The molecule has 1 radical (unpaired) electrons. The Hall–Kier alpha value is -1.76. The van der Waals surface area contributed by atoms with Crippen LogP contribution < -0.4 is 4.74 Å². The van der Waals surface area contributed by atoms with Gasteiger partial charge >= 0.3 is 0 Å². The number of para-hydroxylation sites is 1. The third-order valence-corrected chi connectivity index (χ3v) is 2.68. The van der Waals surface area contributed by atoms with Gasteiger partial charge in [0, 0.05) is 12.0 Å². The normalized spacial score (nSPS) is 13.3. The molecule has 1 nitrogen and oxygen atoms in total. The Morgan fingerprint density at radius 1 is 0.800 bits per heavy atom. The molecule has 0 N–H and O–H groups in total. The fraction of sp³-hybridized carbons (Fsp3) is 0.0714. The van der Waals surface area contributed by atoms with Crippen LogP contribution in [0.5, 0.6) is 5.75 Å². The Bertz CT molecular complexity index is 443. The minimum Gasteiger partial charge on any atom is -0.492 e. The second-order valence-corrected chi connectivity index (χ2v) is 3.60. The molecule has 0 aliphatic carbocycles. The van der Waals surface area contributed by atoms with E-state index in [9.17, 15) is 0 Å². The first kappa shape index (κ1) is 8.54. The molecule has 0 saturated carbocycles. The molecule has 0 bridgehead atoms. The molecule has 0 saturated heterocycles. The first-order valence-corrected chi connectivity index (χ1v) is 5.09. The van der Waals surface area contributed by atoms with Crippen LogP contribution in [0.3, 0.4) is 0 Å². The highest BCUT2D eigenvalue weighted by Gasteiger charge is 2.13. The number of fused-ring (bicyclic) bond motifs is 3. The summed E-state index contributed by atoms with van der Waals surface area (Å²) < 4.78 is 5.68. The lowest BCUT2D eigenvalue weighted by Gasteiger charge is -2.07. The van der Waals surface area contributed by atoms with Crippen LogP contribution in [0.4, 0.5) is 0 Å². The van der Waals surface area contributed by atoms with E-state index in [4.69, 9.17) is 4.74 Å². The van der Waals surface area contributed by atoms with Crippen molar-refractivity contribution in [2.24, 2.45) is 0 Å². The van der Waals surface area contributed by atoms with Crippen LogP contribution in [0.25, 0.3) is 11.1 Å². The summed E-state index contributed by atoms with van der Waals surface area (Å²) in [5, 5.41) is 0. The van der Waals surface area contributed by atoms with E-state index in [0.29, 0.717) is 6.61 Å². The van der Waals surface area contributed by atoms with Crippen LogP contribution in [0, 0.1) is 6.42 Å². The number of hydrogen-bond donors (Lipinski definition) is 0. The summed E-state index contributed by atoms with van der Waals surface area (Å²) >= 11 is 0.